The van der Waals surface area contributed by atoms with Gasteiger partial charge in [0, 0.05) is 5.56 Å². The van der Waals surface area contributed by atoms with E-state index in [1.807, 2.05) is 6.07 Å². The van der Waals surface area contributed by atoms with Gasteiger partial charge in [0.05, 0.1) is 6.54 Å². The minimum Gasteiger partial charge on any atom is -0.346 e. The molecule has 16 heavy (non-hydrogen) atoms. The molecule has 0 aliphatic heterocycles. The third kappa shape index (κ3) is 3.94. The summed E-state index contributed by atoms with van der Waals surface area (Å²) in [5, 5.41) is 2.15. The first-order chi connectivity index (χ1) is 7.63. The van der Waals surface area contributed by atoms with E-state index in [9.17, 15) is 13.6 Å². The first kappa shape index (κ1) is 12.6. The highest BCUT2D eigenvalue weighted by Crippen LogP contribution is 2.05. The quantitative estimate of drug-likeness (QED) is 0.795. The van der Waals surface area contributed by atoms with Crippen molar-refractivity contribution in [3.8, 4) is 0 Å². The van der Waals surface area contributed by atoms with E-state index in [4.69, 9.17) is 5.73 Å². The molecule has 1 aromatic carbocycles. The SMILES string of the molecule is NCCc1cccc(C(=O)NCC(F)F)c1. The number of carbonyl (C=O) groups excluding carboxylic acids is 1. The summed E-state index contributed by atoms with van der Waals surface area (Å²) in [4.78, 5) is 11.4. The van der Waals surface area contributed by atoms with Crippen LogP contribution in [0.15, 0.2) is 24.3 Å². The summed E-state index contributed by atoms with van der Waals surface area (Å²) in [7, 11) is 0. The van der Waals surface area contributed by atoms with E-state index in [2.05, 4.69) is 5.32 Å². The Bertz CT molecular complexity index is 356. The number of benzene rings is 1. The first-order valence-electron chi connectivity index (χ1n) is 4.99. The molecular formula is C11H14F2N2O. The second-order valence-corrected chi connectivity index (χ2v) is 3.34. The van der Waals surface area contributed by atoms with Crippen LogP contribution in [0.4, 0.5) is 8.78 Å². The van der Waals surface area contributed by atoms with E-state index in [1.54, 1.807) is 18.2 Å². The molecule has 0 aliphatic carbocycles. The molecule has 0 spiro atoms. The van der Waals surface area contributed by atoms with Crippen LogP contribution in [0, 0.1) is 0 Å². The van der Waals surface area contributed by atoms with Crippen LogP contribution >= 0.6 is 0 Å². The molecular weight excluding hydrogens is 214 g/mol. The fourth-order valence-corrected chi connectivity index (χ4v) is 1.31. The molecule has 0 saturated heterocycles. The Hall–Kier alpha value is -1.49. The van der Waals surface area contributed by atoms with Crippen molar-refractivity contribution in [2.24, 2.45) is 5.73 Å². The van der Waals surface area contributed by atoms with E-state index in [0.717, 1.165) is 5.56 Å². The Kier molecular flexibility index (Phi) is 4.85. The number of hydrogen-bond acceptors (Lipinski definition) is 2. The fourth-order valence-electron chi connectivity index (χ4n) is 1.31. The zero-order valence-corrected chi connectivity index (χ0v) is 8.75. The standard InChI is InChI=1S/C11H14F2N2O/c12-10(13)7-15-11(16)9-3-1-2-8(6-9)4-5-14/h1-3,6,10H,4-5,7,14H2,(H,15,16). The van der Waals surface area contributed by atoms with Gasteiger partial charge in [0.25, 0.3) is 12.3 Å². The van der Waals surface area contributed by atoms with Crippen LogP contribution in [0.1, 0.15) is 15.9 Å². The van der Waals surface area contributed by atoms with Crippen molar-refractivity contribution >= 4 is 5.91 Å². The predicted octanol–water partition coefficient (Wildman–Crippen LogP) is 1.18. The van der Waals surface area contributed by atoms with Crippen molar-refractivity contribution in [3.05, 3.63) is 35.4 Å². The first-order valence-corrected chi connectivity index (χ1v) is 4.99. The Morgan fingerprint density at radius 3 is 2.81 bits per heavy atom. The lowest BCUT2D eigenvalue weighted by molar-refractivity contribution is 0.0891. The highest BCUT2D eigenvalue weighted by molar-refractivity contribution is 5.94. The maximum absolute atomic E-state index is 11.9. The van der Waals surface area contributed by atoms with Crippen molar-refractivity contribution in [2.75, 3.05) is 13.1 Å². The van der Waals surface area contributed by atoms with Crippen LogP contribution in [0.5, 0.6) is 0 Å². The van der Waals surface area contributed by atoms with Gasteiger partial charge in [-0.25, -0.2) is 8.78 Å². The molecule has 0 saturated carbocycles. The second-order valence-electron chi connectivity index (χ2n) is 3.34. The lowest BCUT2D eigenvalue weighted by Crippen LogP contribution is -2.28. The van der Waals surface area contributed by atoms with Gasteiger partial charge in [-0.15, -0.1) is 0 Å². The van der Waals surface area contributed by atoms with Crippen LogP contribution < -0.4 is 11.1 Å². The number of alkyl halides is 2. The molecule has 0 unspecified atom stereocenters. The van der Waals surface area contributed by atoms with Crippen molar-refractivity contribution in [1.29, 1.82) is 0 Å². The molecule has 0 radical (unpaired) electrons. The summed E-state index contributed by atoms with van der Waals surface area (Å²) < 4.78 is 23.8. The molecule has 1 rings (SSSR count). The lowest BCUT2D eigenvalue weighted by atomic mass is 10.1. The molecule has 88 valence electrons. The summed E-state index contributed by atoms with van der Waals surface area (Å²) in [5.74, 6) is -0.487. The molecule has 3 N–H and O–H groups in total. The Morgan fingerprint density at radius 1 is 1.44 bits per heavy atom. The Labute approximate surface area is 92.6 Å². The second kappa shape index (κ2) is 6.17. The molecule has 0 aromatic heterocycles. The van der Waals surface area contributed by atoms with Gasteiger partial charge < -0.3 is 11.1 Å². The van der Waals surface area contributed by atoms with Crippen LogP contribution in [0.3, 0.4) is 0 Å². The average Bonchev–Trinajstić information content (AvgIpc) is 2.26. The number of carbonyl (C=O) groups is 1. The molecule has 1 aromatic rings. The molecule has 5 heteroatoms. The smallest absolute Gasteiger partial charge is 0.255 e. The predicted molar refractivity (Wildman–Crippen MR) is 57.5 cm³/mol. The van der Waals surface area contributed by atoms with Crippen molar-refractivity contribution in [3.63, 3.8) is 0 Å². The minimum absolute atomic E-state index is 0.381. The molecule has 0 heterocycles. The van der Waals surface area contributed by atoms with Crippen molar-refractivity contribution in [2.45, 2.75) is 12.8 Å². The fraction of sp³-hybridized carbons (Fsp3) is 0.364. The lowest BCUT2D eigenvalue weighted by Gasteiger charge is -2.06. The molecule has 0 aliphatic rings. The normalized spacial score (nSPS) is 10.5. The number of rotatable bonds is 5. The number of nitrogens with one attached hydrogen (secondary N) is 1. The van der Waals surface area contributed by atoms with Crippen molar-refractivity contribution in [1.82, 2.24) is 5.32 Å². The average molecular weight is 228 g/mol. The maximum atomic E-state index is 11.9. The van der Waals surface area contributed by atoms with E-state index < -0.39 is 18.9 Å². The molecule has 0 fully saturated rings. The molecule has 0 bridgehead atoms. The summed E-state index contributed by atoms with van der Waals surface area (Å²) in [6, 6.07) is 6.80. The zero-order chi connectivity index (χ0) is 12.0. The number of halogens is 2. The maximum Gasteiger partial charge on any atom is 0.255 e. The van der Waals surface area contributed by atoms with Crippen LogP contribution in [0.2, 0.25) is 0 Å². The number of nitrogens with two attached hydrogens (primary N) is 1. The van der Waals surface area contributed by atoms with Crippen LogP contribution in [-0.2, 0) is 6.42 Å². The monoisotopic (exact) mass is 228 g/mol. The summed E-state index contributed by atoms with van der Waals surface area (Å²) >= 11 is 0. The summed E-state index contributed by atoms with van der Waals surface area (Å²) in [6.07, 6.45) is -1.87. The number of amides is 1. The van der Waals surface area contributed by atoms with Gasteiger partial charge in [-0.1, -0.05) is 12.1 Å². The van der Waals surface area contributed by atoms with E-state index in [0.29, 0.717) is 18.5 Å². The molecule has 3 nitrogen and oxygen atoms in total. The van der Waals surface area contributed by atoms with E-state index >= 15 is 0 Å². The topological polar surface area (TPSA) is 55.1 Å². The van der Waals surface area contributed by atoms with Gasteiger partial charge in [-0.3, -0.25) is 4.79 Å². The van der Waals surface area contributed by atoms with Gasteiger partial charge >= 0.3 is 0 Å². The third-order valence-electron chi connectivity index (χ3n) is 2.04. The van der Waals surface area contributed by atoms with Crippen LogP contribution in [-0.4, -0.2) is 25.4 Å². The zero-order valence-electron chi connectivity index (χ0n) is 8.75. The van der Waals surface area contributed by atoms with Gasteiger partial charge in [0.2, 0.25) is 0 Å². The minimum atomic E-state index is -2.53. The third-order valence-corrected chi connectivity index (χ3v) is 2.04. The molecule has 1 amide bonds. The van der Waals surface area contributed by atoms with E-state index in [-0.39, 0.29) is 0 Å². The van der Waals surface area contributed by atoms with Crippen molar-refractivity contribution < 1.29 is 13.6 Å². The molecule has 0 atom stereocenters. The summed E-state index contributed by atoms with van der Waals surface area (Å²) in [6.45, 7) is -0.137. The van der Waals surface area contributed by atoms with Gasteiger partial charge in [0.1, 0.15) is 0 Å². The Balaban J connectivity index is 2.64. The van der Waals surface area contributed by atoms with Gasteiger partial charge in [-0.2, -0.15) is 0 Å². The number of hydrogen-bond donors (Lipinski definition) is 2. The summed E-state index contributed by atoms with van der Waals surface area (Å²) in [5.41, 5.74) is 6.69. The highest BCUT2D eigenvalue weighted by atomic mass is 19.3. The largest absolute Gasteiger partial charge is 0.346 e. The van der Waals surface area contributed by atoms with Gasteiger partial charge in [-0.05, 0) is 30.7 Å². The van der Waals surface area contributed by atoms with Gasteiger partial charge in [0.15, 0.2) is 0 Å². The Morgan fingerprint density at radius 2 is 2.19 bits per heavy atom. The van der Waals surface area contributed by atoms with E-state index in [1.165, 1.54) is 0 Å². The van der Waals surface area contributed by atoms with Crippen LogP contribution in [0.25, 0.3) is 0 Å². The highest BCUT2D eigenvalue weighted by Gasteiger charge is 2.08.